The van der Waals surface area contributed by atoms with E-state index >= 15 is 0 Å². The molecule has 39 heavy (non-hydrogen) atoms. The van der Waals surface area contributed by atoms with Crippen LogP contribution in [-0.4, -0.2) is 22.6 Å². The van der Waals surface area contributed by atoms with E-state index < -0.39 is 0 Å². The molecule has 0 radical (unpaired) electrons. The van der Waals surface area contributed by atoms with Crippen molar-refractivity contribution in [2.75, 3.05) is 0 Å². The minimum absolute atomic E-state index is 0. The normalized spacial score (nSPS) is 23.3. The first-order valence-electron chi connectivity index (χ1n) is 16.8. The topological polar surface area (TPSA) is 0 Å². The molecule has 0 bridgehead atoms. The summed E-state index contributed by atoms with van der Waals surface area (Å²) in [6.07, 6.45) is 30.6. The van der Waals surface area contributed by atoms with Crippen LogP contribution in [0.15, 0.2) is 48.5 Å². The second-order valence-corrected chi connectivity index (χ2v) is 18.9. The van der Waals surface area contributed by atoms with E-state index in [2.05, 4.69) is 25.1 Å². The molecular weight excluding hydrogens is 550 g/mol. The monoisotopic (exact) mass is 606 g/mol. The van der Waals surface area contributed by atoms with Crippen LogP contribution >= 0.6 is 15.8 Å². The molecular formula is C36H56FeP2. The van der Waals surface area contributed by atoms with Gasteiger partial charge in [0.2, 0.25) is 0 Å². The number of hydrogen-bond donors (Lipinski definition) is 0. The van der Waals surface area contributed by atoms with Gasteiger partial charge in [-0.05, 0) is 74.0 Å². The van der Waals surface area contributed by atoms with Gasteiger partial charge in [0.05, 0.1) is 0 Å². The van der Waals surface area contributed by atoms with Gasteiger partial charge in [-0.2, -0.15) is 35.9 Å². The third-order valence-corrected chi connectivity index (χ3v) is 17.9. The molecule has 2 aromatic rings. The van der Waals surface area contributed by atoms with Crippen molar-refractivity contribution in [3.05, 3.63) is 54.1 Å². The van der Waals surface area contributed by atoms with Crippen LogP contribution in [0.5, 0.6) is 0 Å². The zero-order chi connectivity index (χ0) is 26.0. The molecule has 0 aliphatic heterocycles. The Morgan fingerprint density at radius 1 is 0.590 bits per heavy atom. The minimum atomic E-state index is 0. The molecule has 0 heterocycles. The fourth-order valence-electron chi connectivity index (χ4n) is 8.59. The maximum Gasteiger partial charge on any atom is 2.00 e. The third-order valence-electron chi connectivity index (χ3n) is 10.5. The molecule has 4 fully saturated rings. The SMILES string of the molecule is C[C@@H](c1cc[cH-]c1P(C1CCCCC1)C1CCCCC1)P(C1CCCCC1)C1CCCCC1.[Fe+2].c1cc[cH-]c1. The summed E-state index contributed by atoms with van der Waals surface area (Å²) >= 11 is 0. The summed E-state index contributed by atoms with van der Waals surface area (Å²) in [4.78, 5) is 0. The van der Waals surface area contributed by atoms with Gasteiger partial charge < -0.3 is 0 Å². The van der Waals surface area contributed by atoms with Gasteiger partial charge in [0.15, 0.2) is 0 Å². The second-order valence-electron chi connectivity index (χ2n) is 13.0. The Labute approximate surface area is 255 Å². The smallest absolute Gasteiger partial charge is 0.214 e. The van der Waals surface area contributed by atoms with Gasteiger partial charge in [-0.15, -0.1) is 13.2 Å². The van der Waals surface area contributed by atoms with E-state index in [1.807, 2.05) is 41.2 Å². The molecule has 0 nitrogen and oxygen atoms in total. The molecule has 4 saturated carbocycles. The molecule has 4 aliphatic rings. The summed E-state index contributed by atoms with van der Waals surface area (Å²) in [5.41, 5.74) is 6.96. The Balaban J connectivity index is 0.000000530. The summed E-state index contributed by atoms with van der Waals surface area (Å²) < 4.78 is 0. The fourth-order valence-corrected chi connectivity index (χ4v) is 17.1. The van der Waals surface area contributed by atoms with Crippen LogP contribution in [0.25, 0.3) is 0 Å². The van der Waals surface area contributed by atoms with Crippen molar-refractivity contribution in [2.45, 2.75) is 164 Å². The van der Waals surface area contributed by atoms with Crippen LogP contribution in [0.4, 0.5) is 0 Å². The van der Waals surface area contributed by atoms with Gasteiger partial charge in [0.25, 0.3) is 0 Å². The minimum Gasteiger partial charge on any atom is -0.214 e. The van der Waals surface area contributed by atoms with E-state index in [1.165, 1.54) is 77.0 Å². The molecule has 6 rings (SSSR count). The van der Waals surface area contributed by atoms with Crippen LogP contribution in [0.2, 0.25) is 0 Å². The summed E-state index contributed by atoms with van der Waals surface area (Å²) in [6, 6.07) is 17.8. The van der Waals surface area contributed by atoms with Gasteiger partial charge in [-0.3, -0.25) is 0 Å². The van der Waals surface area contributed by atoms with Crippen LogP contribution in [0.1, 0.15) is 147 Å². The van der Waals surface area contributed by atoms with Crippen molar-refractivity contribution in [1.82, 2.24) is 0 Å². The maximum absolute atomic E-state index is 2.73. The summed E-state index contributed by atoms with van der Waals surface area (Å²) in [6.45, 7) is 2.73. The van der Waals surface area contributed by atoms with Gasteiger partial charge in [0, 0.05) is 0 Å². The van der Waals surface area contributed by atoms with E-state index in [-0.39, 0.29) is 32.9 Å². The maximum atomic E-state index is 2.73. The molecule has 4 aliphatic carbocycles. The molecule has 0 unspecified atom stereocenters. The Bertz CT molecular complexity index is 811. The van der Waals surface area contributed by atoms with E-state index in [9.17, 15) is 0 Å². The Morgan fingerprint density at radius 2 is 1.00 bits per heavy atom. The summed E-state index contributed by atoms with van der Waals surface area (Å²) in [5.74, 6) is 0. The van der Waals surface area contributed by atoms with Crippen molar-refractivity contribution in [1.29, 1.82) is 0 Å². The molecule has 218 valence electrons. The number of rotatable bonds is 7. The number of hydrogen-bond acceptors (Lipinski definition) is 0. The predicted octanol–water partition coefficient (Wildman–Crippen LogP) is 11.8. The Morgan fingerprint density at radius 3 is 1.38 bits per heavy atom. The largest absolute Gasteiger partial charge is 2.00 e. The van der Waals surface area contributed by atoms with Crippen LogP contribution in [0.3, 0.4) is 0 Å². The van der Waals surface area contributed by atoms with Crippen molar-refractivity contribution in [3.63, 3.8) is 0 Å². The Kier molecular flexibility index (Phi) is 14.2. The molecule has 0 amide bonds. The first-order valence-corrected chi connectivity index (χ1v) is 19.8. The average Bonchev–Trinajstić information content (AvgIpc) is 3.72. The Hall–Kier alpha value is 0.0795. The van der Waals surface area contributed by atoms with Gasteiger partial charge in [-0.1, -0.05) is 97.6 Å². The second kappa shape index (κ2) is 17.3. The van der Waals surface area contributed by atoms with E-state index in [1.54, 1.807) is 51.4 Å². The zero-order valence-electron chi connectivity index (χ0n) is 24.9. The first-order chi connectivity index (χ1) is 18.8. The third kappa shape index (κ3) is 8.79. The van der Waals surface area contributed by atoms with Gasteiger partial charge in [-0.25, -0.2) is 18.2 Å². The molecule has 0 spiro atoms. The molecule has 0 N–H and O–H groups in total. The van der Waals surface area contributed by atoms with Crippen LogP contribution in [-0.2, 0) is 17.1 Å². The summed E-state index contributed by atoms with van der Waals surface area (Å²) in [7, 11) is 0.168. The molecule has 3 heteroatoms. The predicted molar refractivity (Wildman–Crippen MR) is 173 cm³/mol. The standard InChI is InChI=1S/C31H51P2.C5H5.Fe/c1-25(32(26-15-6-2-7-16-26)27-17-8-3-9-18-27)30-23-14-24-31(30)33(28-19-10-4-11-20-28)29-21-12-5-13-22-29;1-2-4-5-3-1;/h14,23-29H,2-13,15-22H2,1H3;1-5H;/q2*-1;+2/t25-;;/m0../s1. The van der Waals surface area contributed by atoms with E-state index in [0.717, 1.165) is 28.3 Å². The van der Waals surface area contributed by atoms with Crippen molar-refractivity contribution in [2.24, 2.45) is 0 Å². The van der Waals surface area contributed by atoms with Crippen LogP contribution < -0.4 is 5.30 Å². The average molecular weight is 607 g/mol. The van der Waals surface area contributed by atoms with E-state index in [0.29, 0.717) is 0 Å². The quantitative estimate of drug-likeness (QED) is 0.167. The van der Waals surface area contributed by atoms with Gasteiger partial charge >= 0.3 is 17.1 Å². The van der Waals surface area contributed by atoms with Crippen molar-refractivity contribution in [3.8, 4) is 0 Å². The van der Waals surface area contributed by atoms with Crippen molar-refractivity contribution < 1.29 is 17.1 Å². The van der Waals surface area contributed by atoms with Crippen LogP contribution in [0, 0.1) is 0 Å². The van der Waals surface area contributed by atoms with Crippen molar-refractivity contribution >= 4 is 21.1 Å². The van der Waals surface area contributed by atoms with E-state index in [4.69, 9.17) is 0 Å². The molecule has 1 atom stereocenters. The summed E-state index contributed by atoms with van der Waals surface area (Å²) in [5, 5.41) is 1.93. The van der Waals surface area contributed by atoms with Gasteiger partial charge in [0.1, 0.15) is 0 Å². The molecule has 0 saturated heterocycles. The molecule has 0 aromatic heterocycles. The first kappa shape index (κ1) is 32.0. The zero-order valence-corrected chi connectivity index (χ0v) is 27.8. The molecule has 2 aromatic carbocycles. The fraction of sp³-hybridized carbons (Fsp3) is 0.722.